The minimum atomic E-state index is -0.639. The zero-order valence-electron chi connectivity index (χ0n) is 10.0. The van der Waals surface area contributed by atoms with Crippen LogP contribution in [0.5, 0.6) is 0 Å². The molecule has 2 aromatic rings. The number of nitrogens with zero attached hydrogens (tertiary/aromatic N) is 2. The topological polar surface area (TPSA) is 17.8 Å². The van der Waals surface area contributed by atoms with E-state index in [1.165, 1.54) is 15.8 Å². The van der Waals surface area contributed by atoms with Crippen molar-refractivity contribution in [3.8, 4) is 0 Å². The second kappa shape index (κ2) is 3.27. The number of hydrogen-bond acceptors (Lipinski definition) is 1. The van der Waals surface area contributed by atoms with Crippen LogP contribution in [-0.2, 0) is 7.05 Å². The molecule has 0 spiro atoms. The molecule has 2 rings (SSSR count). The predicted molar refractivity (Wildman–Crippen MR) is 69.1 cm³/mol. The van der Waals surface area contributed by atoms with Gasteiger partial charge < -0.3 is 0 Å². The molecule has 0 atom stereocenters. The number of hydrogen-bond donors (Lipinski definition) is 0. The highest BCUT2D eigenvalue weighted by atomic mass is 32.3. The van der Waals surface area contributed by atoms with Crippen molar-refractivity contribution in [1.82, 2.24) is 9.78 Å². The van der Waals surface area contributed by atoms with Gasteiger partial charge in [0.15, 0.2) is 0 Å². The van der Waals surface area contributed by atoms with E-state index in [0.29, 0.717) is 0 Å². The Hall–Kier alpha value is -0.960. The molecule has 0 radical (unpaired) electrons. The fourth-order valence-electron chi connectivity index (χ4n) is 1.80. The van der Waals surface area contributed by atoms with Gasteiger partial charge in [0.2, 0.25) is 0 Å². The molecule has 1 aromatic heterocycles. The number of aromatic nitrogens is 2. The Morgan fingerprint density at radius 3 is 2.47 bits per heavy atom. The van der Waals surface area contributed by atoms with Crippen LogP contribution >= 0.6 is 10.0 Å². The first-order valence-corrected chi connectivity index (χ1v) is 7.87. The molecule has 0 aliphatic heterocycles. The van der Waals surface area contributed by atoms with E-state index in [2.05, 4.69) is 49.0 Å². The predicted octanol–water partition coefficient (Wildman–Crippen LogP) is 2.93. The third kappa shape index (κ3) is 1.76. The maximum atomic E-state index is 4.44. The van der Waals surface area contributed by atoms with Gasteiger partial charge in [0.05, 0.1) is 11.2 Å². The van der Waals surface area contributed by atoms with Crippen molar-refractivity contribution in [1.29, 1.82) is 0 Å². The van der Waals surface area contributed by atoms with Crippen LogP contribution < -0.4 is 0 Å². The lowest BCUT2D eigenvalue weighted by Crippen LogP contribution is -1.93. The second-order valence-electron chi connectivity index (χ2n) is 4.73. The van der Waals surface area contributed by atoms with Crippen molar-refractivity contribution in [2.75, 3.05) is 18.8 Å². The molecule has 1 aromatic carbocycles. The lowest BCUT2D eigenvalue weighted by atomic mass is 10.2. The Labute approximate surface area is 92.6 Å². The van der Waals surface area contributed by atoms with E-state index in [1.807, 2.05) is 11.7 Å². The molecular weight excluding hydrogens is 204 g/mol. The van der Waals surface area contributed by atoms with Gasteiger partial charge in [-0.25, -0.2) is 10.0 Å². The van der Waals surface area contributed by atoms with Crippen molar-refractivity contribution in [2.45, 2.75) is 11.8 Å². The molecule has 82 valence electrons. The summed E-state index contributed by atoms with van der Waals surface area (Å²) < 4.78 is 1.95. The Kier molecular flexibility index (Phi) is 2.30. The molecule has 0 bridgehead atoms. The third-order valence-electron chi connectivity index (χ3n) is 2.71. The van der Waals surface area contributed by atoms with Gasteiger partial charge in [-0.1, -0.05) is 0 Å². The van der Waals surface area contributed by atoms with Gasteiger partial charge in [0, 0.05) is 12.4 Å². The summed E-state index contributed by atoms with van der Waals surface area (Å²) in [6, 6.07) is 6.72. The van der Waals surface area contributed by atoms with Gasteiger partial charge in [-0.3, -0.25) is 4.68 Å². The molecule has 0 saturated carbocycles. The Morgan fingerprint density at radius 1 is 1.20 bits per heavy atom. The summed E-state index contributed by atoms with van der Waals surface area (Å²) in [7, 11) is 1.36. The van der Waals surface area contributed by atoms with Crippen molar-refractivity contribution < 1.29 is 0 Å². The summed E-state index contributed by atoms with van der Waals surface area (Å²) in [5.74, 6) is 0. The minimum absolute atomic E-state index is 0.639. The average molecular weight is 222 g/mol. The van der Waals surface area contributed by atoms with E-state index in [9.17, 15) is 0 Å². The van der Waals surface area contributed by atoms with Crippen LogP contribution in [-0.4, -0.2) is 28.5 Å². The summed E-state index contributed by atoms with van der Waals surface area (Å²) in [4.78, 5) is 1.45. The first-order chi connectivity index (χ1) is 6.89. The SMILES string of the molecule is Cc1nn(C)c2ccc(S(C)(C)C)cc12. The summed E-state index contributed by atoms with van der Waals surface area (Å²) in [5.41, 5.74) is 2.35. The van der Waals surface area contributed by atoms with Crippen molar-refractivity contribution in [2.24, 2.45) is 7.05 Å². The van der Waals surface area contributed by atoms with Crippen molar-refractivity contribution in [3.63, 3.8) is 0 Å². The monoisotopic (exact) mass is 222 g/mol. The second-order valence-corrected chi connectivity index (χ2v) is 8.87. The van der Waals surface area contributed by atoms with Crippen LogP contribution in [0.2, 0.25) is 0 Å². The number of rotatable bonds is 1. The molecule has 3 heteroatoms. The number of aryl methyl sites for hydroxylation is 2. The van der Waals surface area contributed by atoms with E-state index in [1.54, 1.807) is 0 Å². The lowest BCUT2D eigenvalue weighted by molar-refractivity contribution is 0.783. The molecule has 2 nitrogen and oxygen atoms in total. The Balaban J connectivity index is 2.71. The number of benzene rings is 1. The average Bonchev–Trinajstić information content (AvgIpc) is 2.41. The minimum Gasteiger partial charge on any atom is -0.268 e. The molecule has 15 heavy (non-hydrogen) atoms. The van der Waals surface area contributed by atoms with Crippen molar-refractivity contribution >= 4 is 20.9 Å². The third-order valence-corrected chi connectivity index (χ3v) is 4.38. The Morgan fingerprint density at radius 2 is 1.87 bits per heavy atom. The molecule has 0 amide bonds. The lowest BCUT2D eigenvalue weighted by Gasteiger charge is -2.25. The summed E-state index contributed by atoms with van der Waals surface area (Å²) in [6.45, 7) is 2.07. The highest BCUT2D eigenvalue weighted by Gasteiger charge is 2.11. The maximum Gasteiger partial charge on any atom is 0.0682 e. The van der Waals surface area contributed by atoms with Gasteiger partial charge in [-0.15, -0.1) is 0 Å². The van der Waals surface area contributed by atoms with Gasteiger partial charge in [-0.2, -0.15) is 5.10 Å². The standard InChI is InChI=1S/C12H18N2S/c1-9-11-8-10(15(3,4)5)6-7-12(11)14(2)13-9/h6-8H,1-5H3. The first-order valence-electron chi connectivity index (χ1n) is 5.01. The first kappa shape index (κ1) is 10.6. The van der Waals surface area contributed by atoms with Gasteiger partial charge in [0.25, 0.3) is 0 Å². The number of fused-ring (bicyclic) bond motifs is 1. The molecule has 0 fully saturated rings. The molecular formula is C12H18N2S. The van der Waals surface area contributed by atoms with Crippen LogP contribution in [0.1, 0.15) is 5.69 Å². The highest BCUT2D eigenvalue weighted by Crippen LogP contribution is 2.46. The highest BCUT2D eigenvalue weighted by molar-refractivity contribution is 8.32. The molecule has 1 heterocycles. The summed E-state index contributed by atoms with van der Waals surface area (Å²) in [6.07, 6.45) is 6.96. The van der Waals surface area contributed by atoms with Crippen LogP contribution in [0.25, 0.3) is 10.9 Å². The van der Waals surface area contributed by atoms with E-state index >= 15 is 0 Å². The van der Waals surface area contributed by atoms with Gasteiger partial charge in [-0.05, 0) is 48.8 Å². The molecule has 0 aliphatic carbocycles. The van der Waals surface area contributed by atoms with Crippen LogP contribution in [0.4, 0.5) is 0 Å². The van der Waals surface area contributed by atoms with Crippen LogP contribution in [0.3, 0.4) is 0 Å². The van der Waals surface area contributed by atoms with Crippen LogP contribution in [0, 0.1) is 6.92 Å². The molecule has 0 saturated heterocycles. The smallest absolute Gasteiger partial charge is 0.0682 e. The van der Waals surface area contributed by atoms with E-state index in [4.69, 9.17) is 0 Å². The van der Waals surface area contributed by atoms with Gasteiger partial charge in [0.1, 0.15) is 0 Å². The fourth-order valence-corrected chi connectivity index (χ4v) is 2.75. The zero-order chi connectivity index (χ0) is 11.2. The van der Waals surface area contributed by atoms with E-state index < -0.39 is 10.0 Å². The zero-order valence-corrected chi connectivity index (χ0v) is 10.9. The fraction of sp³-hybridized carbons (Fsp3) is 0.417. The Bertz CT molecular complexity index is 506. The molecule has 0 unspecified atom stereocenters. The van der Waals surface area contributed by atoms with E-state index in [-0.39, 0.29) is 0 Å². The molecule has 0 N–H and O–H groups in total. The normalized spacial score (nSPS) is 13.4. The quantitative estimate of drug-likeness (QED) is 0.725. The van der Waals surface area contributed by atoms with Crippen LogP contribution in [0.15, 0.2) is 23.1 Å². The summed E-state index contributed by atoms with van der Waals surface area (Å²) in [5, 5.41) is 5.73. The van der Waals surface area contributed by atoms with E-state index in [0.717, 1.165) is 5.69 Å². The molecule has 0 aliphatic rings. The maximum absolute atomic E-state index is 4.44. The summed E-state index contributed by atoms with van der Waals surface area (Å²) >= 11 is 0. The van der Waals surface area contributed by atoms with Crippen molar-refractivity contribution in [3.05, 3.63) is 23.9 Å². The van der Waals surface area contributed by atoms with Gasteiger partial charge >= 0.3 is 0 Å². The largest absolute Gasteiger partial charge is 0.268 e.